The molecule has 0 spiro atoms. The molecule has 2 aromatic rings. The van der Waals surface area contributed by atoms with E-state index in [1.807, 2.05) is 11.4 Å². The highest BCUT2D eigenvalue weighted by Gasteiger charge is 2.03. The van der Waals surface area contributed by atoms with Crippen LogP contribution in [0, 0.1) is 5.82 Å². The maximum Gasteiger partial charge on any atom is 0.123 e. The summed E-state index contributed by atoms with van der Waals surface area (Å²) < 4.78 is 13.0. The lowest BCUT2D eigenvalue weighted by molar-refractivity contribution is 0.626. The Balaban J connectivity index is 2.08. The number of nitrogens with two attached hydrogens (primary N) is 1. The Morgan fingerprint density at radius 3 is 3.00 bits per heavy atom. The first-order chi connectivity index (χ1) is 7.78. The van der Waals surface area contributed by atoms with E-state index in [9.17, 15) is 4.39 Å². The van der Waals surface area contributed by atoms with Gasteiger partial charge in [0, 0.05) is 18.2 Å². The van der Waals surface area contributed by atoms with Crippen molar-refractivity contribution < 1.29 is 4.39 Å². The van der Waals surface area contributed by atoms with Crippen molar-refractivity contribution in [2.45, 2.75) is 12.8 Å². The molecule has 0 atom stereocenters. The summed E-state index contributed by atoms with van der Waals surface area (Å²) in [5.74, 6) is -0.198. The summed E-state index contributed by atoms with van der Waals surface area (Å²) in [4.78, 5) is 4.44. The van der Waals surface area contributed by atoms with Crippen LogP contribution in [0.2, 0.25) is 0 Å². The molecule has 84 valence electrons. The van der Waals surface area contributed by atoms with Gasteiger partial charge >= 0.3 is 0 Å². The molecule has 1 heterocycles. The van der Waals surface area contributed by atoms with Gasteiger partial charge in [0.2, 0.25) is 0 Å². The molecule has 2 nitrogen and oxygen atoms in total. The SMILES string of the molecule is NCCc1csc(Cc2cccc(F)c2)n1. The minimum atomic E-state index is -0.198. The molecule has 0 fully saturated rings. The summed E-state index contributed by atoms with van der Waals surface area (Å²) in [5, 5.41) is 3.02. The monoisotopic (exact) mass is 236 g/mol. The Kier molecular flexibility index (Phi) is 3.64. The minimum absolute atomic E-state index is 0.198. The molecule has 2 rings (SSSR count). The Hall–Kier alpha value is -1.26. The van der Waals surface area contributed by atoms with Gasteiger partial charge in [0.25, 0.3) is 0 Å². The van der Waals surface area contributed by atoms with Gasteiger partial charge in [0.05, 0.1) is 10.7 Å². The Bertz CT molecular complexity index is 468. The number of thiazole rings is 1. The Morgan fingerprint density at radius 1 is 1.38 bits per heavy atom. The number of aromatic nitrogens is 1. The van der Waals surface area contributed by atoms with Gasteiger partial charge in [-0.1, -0.05) is 12.1 Å². The molecule has 0 aliphatic carbocycles. The van der Waals surface area contributed by atoms with Gasteiger partial charge in [-0.2, -0.15) is 0 Å². The topological polar surface area (TPSA) is 38.9 Å². The zero-order valence-corrected chi connectivity index (χ0v) is 9.64. The second-order valence-electron chi connectivity index (χ2n) is 3.58. The lowest BCUT2D eigenvalue weighted by Crippen LogP contribution is -2.02. The number of hydrogen-bond acceptors (Lipinski definition) is 3. The number of halogens is 1. The first kappa shape index (κ1) is 11.2. The highest BCUT2D eigenvalue weighted by molar-refractivity contribution is 7.09. The van der Waals surface area contributed by atoms with Gasteiger partial charge in [0.15, 0.2) is 0 Å². The lowest BCUT2D eigenvalue weighted by Gasteiger charge is -1.97. The first-order valence-corrected chi connectivity index (χ1v) is 6.03. The second-order valence-corrected chi connectivity index (χ2v) is 4.52. The van der Waals surface area contributed by atoms with Gasteiger partial charge in [-0.15, -0.1) is 11.3 Å². The highest BCUT2D eigenvalue weighted by atomic mass is 32.1. The molecule has 0 saturated heterocycles. The summed E-state index contributed by atoms with van der Waals surface area (Å²) in [6.45, 7) is 0.614. The molecular weight excluding hydrogens is 223 g/mol. The average molecular weight is 236 g/mol. The smallest absolute Gasteiger partial charge is 0.123 e. The van der Waals surface area contributed by atoms with Crippen LogP contribution in [-0.2, 0) is 12.8 Å². The number of benzene rings is 1. The van der Waals surface area contributed by atoms with Gasteiger partial charge in [-0.25, -0.2) is 9.37 Å². The van der Waals surface area contributed by atoms with Crippen LogP contribution in [0.4, 0.5) is 4.39 Å². The Morgan fingerprint density at radius 2 is 2.25 bits per heavy atom. The van der Waals surface area contributed by atoms with Gasteiger partial charge in [-0.05, 0) is 24.2 Å². The minimum Gasteiger partial charge on any atom is -0.330 e. The molecule has 0 radical (unpaired) electrons. The number of hydrogen-bond donors (Lipinski definition) is 1. The molecule has 0 amide bonds. The zero-order chi connectivity index (χ0) is 11.4. The van der Waals surface area contributed by atoms with Gasteiger partial charge < -0.3 is 5.73 Å². The van der Waals surface area contributed by atoms with E-state index in [0.29, 0.717) is 13.0 Å². The Labute approximate surface area is 97.9 Å². The van der Waals surface area contributed by atoms with Gasteiger partial charge in [0.1, 0.15) is 5.82 Å². The third kappa shape index (κ3) is 2.87. The van der Waals surface area contributed by atoms with E-state index in [4.69, 9.17) is 5.73 Å². The third-order valence-corrected chi connectivity index (χ3v) is 3.14. The van der Waals surface area contributed by atoms with Crippen LogP contribution in [0.1, 0.15) is 16.3 Å². The van der Waals surface area contributed by atoms with E-state index in [2.05, 4.69) is 4.98 Å². The lowest BCUT2D eigenvalue weighted by atomic mass is 10.1. The quantitative estimate of drug-likeness (QED) is 0.885. The van der Waals surface area contributed by atoms with E-state index in [1.54, 1.807) is 23.5 Å². The van der Waals surface area contributed by atoms with E-state index >= 15 is 0 Å². The van der Waals surface area contributed by atoms with Crippen LogP contribution in [0.3, 0.4) is 0 Å². The second kappa shape index (κ2) is 5.18. The molecule has 0 bridgehead atoms. The maximum absolute atomic E-state index is 13.0. The molecular formula is C12H13FN2S. The average Bonchev–Trinajstić information content (AvgIpc) is 2.66. The molecule has 0 unspecified atom stereocenters. The summed E-state index contributed by atoms with van der Waals surface area (Å²) in [6.07, 6.45) is 1.49. The van der Waals surface area contributed by atoms with E-state index in [1.165, 1.54) is 6.07 Å². The van der Waals surface area contributed by atoms with Crippen molar-refractivity contribution in [3.63, 3.8) is 0 Å². The molecule has 1 aromatic heterocycles. The molecule has 0 saturated carbocycles. The largest absolute Gasteiger partial charge is 0.330 e. The van der Waals surface area contributed by atoms with Crippen LogP contribution >= 0.6 is 11.3 Å². The van der Waals surface area contributed by atoms with Crippen LogP contribution in [-0.4, -0.2) is 11.5 Å². The van der Waals surface area contributed by atoms with E-state index in [-0.39, 0.29) is 5.82 Å². The van der Waals surface area contributed by atoms with Crippen LogP contribution in [0.25, 0.3) is 0 Å². The first-order valence-electron chi connectivity index (χ1n) is 5.15. The van der Waals surface area contributed by atoms with E-state index < -0.39 is 0 Å². The van der Waals surface area contributed by atoms with Crippen LogP contribution in [0.5, 0.6) is 0 Å². The third-order valence-electron chi connectivity index (χ3n) is 2.24. The summed E-state index contributed by atoms with van der Waals surface area (Å²) in [5.41, 5.74) is 7.44. The maximum atomic E-state index is 13.0. The fourth-order valence-electron chi connectivity index (χ4n) is 1.51. The van der Waals surface area contributed by atoms with Crippen molar-refractivity contribution >= 4 is 11.3 Å². The van der Waals surface area contributed by atoms with Crippen molar-refractivity contribution in [2.75, 3.05) is 6.54 Å². The van der Waals surface area contributed by atoms with Crippen molar-refractivity contribution in [1.82, 2.24) is 4.98 Å². The predicted molar refractivity (Wildman–Crippen MR) is 64.1 cm³/mol. The van der Waals surface area contributed by atoms with Crippen molar-refractivity contribution in [1.29, 1.82) is 0 Å². The van der Waals surface area contributed by atoms with Crippen LogP contribution < -0.4 is 5.73 Å². The molecule has 0 aliphatic heterocycles. The molecule has 2 N–H and O–H groups in total. The predicted octanol–water partition coefficient (Wildman–Crippen LogP) is 2.37. The highest BCUT2D eigenvalue weighted by Crippen LogP contribution is 2.15. The molecule has 4 heteroatoms. The fourth-order valence-corrected chi connectivity index (χ4v) is 2.38. The molecule has 0 aliphatic rings. The van der Waals surface area contributed by atoms with Gasteiger partial charge in [-0.3, -0.25) is 0 Å². The number of rotatable bonds is 4. The van der Waals surface area contributed by atoms with Crippen molar-refractivity contribution in [2.24, 2.45) is 5.73 Å². The van der Waals surface area contributed by atoms with Crippen molar-refractivity contribution in [3.8, 4) is 0 Å². The number of nitrogens with zero attached hydrogens (tertiary/aromatic N) is 1. The summed E-state index contributed by atoms with van der Waals surface area (Å²) >= 11 is 1.60. The molecule has 1 aromatic carbocycles. The van der Waals surface area contributed by atoms with Crippen LogP contribution in [0.15, 0.2) is 29.6 Å². The summed E-state index contributed by atoms with van der Waals surface area (Å²) in [7, 11) is 0. The standard InChI is InChI=1S/C12H13FN2S/c13-10-3-1-2-9(6-10)7-12-15-11(4-5-14)8-16-12/h1-3,6,8H,4-5,7,14H2. The normalized spacial score (nSPS) is 10.6. The van der Waals surface area contributed by atoms with Crippen molar-refractivity contribution in [3.05, 3.63) is 51.7 Å². The van der Waals surface area contributed by atoms with E-state index in [0.717, 1.165) is 22.7 Å². The zero-order valence-electron chi connectivity index (χ0n) is 8.82. The molecule has 16 heavy (non-hydrogen) atoms. The summed E-state index contributed by atoms with van der Waals surface area (Å²) in [6, 6.07) is 6.63. The fraction of sp³-hybridized carbons (Fsp3) is 0.250.